The normalized spacial score (nSPS) is 12.2. The first-order valence-corrected chi connectivity index (χ1v) is 6.84. The topological polar surface area (TPSA) is 21.3 Å². The predicted octanol–water partition coefficient (Wildman–Crippen LogP) is 3.73. The van der Waals surface area contributed by atoms with E-state index in [-0.39, 0.29) is 11.9 Å². The number of halogens is 1. The molecule has 0 radical (unpaired) electrons. The van der Waals surface area contributed by atoms with Crippen molar-refractivity contribution in [2.24, 2.45) is 0 Å². The van der Waals surface area contributed by atoms with Gasteiger partial charge in [0, 0.05) is 6.04 Å². The summed E-state index contributed by atoms with van der Waals surface area (Å²) in [4.78, 5) is 0. The van der Waals surface area contributed by atoms with Gasteiger partial charge in [-0.05, 0) is 48.4 Å². The summed E-state index contributed by atoms with van der Waals surface area (Å²) in [5.41, 5.74) is 2.29. The second-order valence-corrected chi connectivity index (χ2v) is 4.72. The number of likely N-dealkylation sites (N-methyl/N-ethyl adjacent to an activating group) is 1. The first kappa shape index (κ1) is 14.5. The number of ether oxygens (including phenoxy) is 1. The molecule has 1 N–H and O–H groups in total. The van der Waals surface area contributed by atoms with E-state index < -0.39 is 0 Å². The summed E-state index contributed by atoms with van der Waals surface area (Å²) in [5, 5.41) is 3.46. The van der Waals surface area contributed by atoms with Crippen LogP contribution in [0.5, 0.6) is 5.75 Å². The Bertz CT molecular complexity index is 539. The highest BCUT2D eigenvalue weighted by atomic mass is 19.1. The largest absolute Gasteiger partial charge is 0.497 e. The van der Waals surface area contributed by atoms with Gasteiger partial charge in [-0.1, -0.05) is 31.2 Å². The van der Waals surface area contributed by atoms with Crippen LogP contribution in [0.2, 0.25) is 0 Å². The molecule has 106 valence electrons. The van der Waals surface area contributed by atoms with E-state index in [0.29, 0.717) is 0 Å². The van der Waals surface area contributed by atoms with Gasteiger partial charge in [-0.15, -0.1) is 0 Å². The van der Waals surface area contributed by atoms with Gasteiger partial charge < -0.3 is 10.1 Å². The molecule has 1 unspecified atom stereocenters. The number of benzene rings is 2. The van der Waals surface area contributed by atoms with Gasteiger partial charge in [0.25, 0.3) is 0 Å². The zero-order valence-electron chi connectivity index (χ0n) is 11.9. The van der Waals surface area contributed by atoms with Crippen LogP contribution in [0, 0.1) is 5.82 Å². The fourth-order valence-electron chi connectivity index (χ4n) is 2.27. The molecular weight excluding hydrogens is 253 g/mol. The Kier molecular flexibility index (Phi) is 5.13. The van der Waals surface area contributed by atoms with E-state index in [0.717, 1.165) is 24.3 Å². The third-order valence-corrected chi connectivity index (χ3v) is 3.30. The number of hydrogen-bond acceptors (Lipinski definition) is 2. The third-order valence-electron chi connectivity index (χ3n) is 3.30. The lowest BCUT2D eigenvalue weighted by molar-refractivity contribution is 0.413. The minimum Gasteiger partial charge on any atom is -0.497 e. The lowest BCUT2D eigenvalue weighted by atomic mass is 9.98. The Balaban J connectivity index is 2.19. The molecule has 0 heterocycles. The molecule has 2 aromatic carbocycles. The molecule has 0 bridgehead atoms. The number of methoxy groups -OCH3 is 1. The lowest BCUT2D eigenvalue weighted by Crippen LogP contribution is -2.23. The lowest BCUT2D eigenvalue weighted by Gasteiger charge is -2.19. The van der Waals surface area contributed by atoms with Crippen molar-refractivity contribution in [3.8, 4) is 5.75 Å². The van der Waals surface area contributed by atoms with Crippen LogP contribution in [0.4, 0.5) is 4.39 Å². The molecule has 0 aliphatic rings. The van der Waals surface area contributed by atoms with E-state index in [1.54, 1.807) is 7.11 Å². The Hall–Kier alpha value is -1.87. The van der Waals surface area contributed by atoms with Gasteiger partial charge in [-0.3, -0.25) is 0 Å². The van der Waals surface area contributed by atoms with E-state index in [9.17, 15) is 4.39 Å². The van der Waals surface area contributed by atoms with Gasteiger partial charge in [0.2, 0.25) is 0 Å². The minimum absolute atomic E-state index is 0.195. The molecule has 0 saturated carbocycles. The number of rotatable bonds is 6. The fourth-order valence-corrected chi connectivity index (χ4v) is 2.27. The quantitative estimate of drug-likeness (QED) is 0.866. The monoisotopic (exact) mass is 273 g/mol. The average molecular weight is 273 g/mol. The number of nitrogens with one attached hydrogen (secondary N) is 1. The smallest absolute Gasteiger partial charge is 0.123 e. The van der Waals surface area contributed by atoms with E-state index in [1.807, 2.05) is 30.3 Å². The van der Waals surface area contributed by atoms with E-state index in [2.05, 4.69) is 18.3 Å². The predicted molar refractivity (Wildman–Crippen MR) is 79.5 cm³/mol. The molecule has 0 spiro atoms. The average Bonchev–Trinajstić information content (AvgIpc) is 2.49. The molecular formula is C17H20FNO. The summed E-state index contributed by atoms with van der Waals surface area (Å²) in [6, 6.07) is 14.9. The third kappa shape index (κ3) is 3.81. The summed E-state index contributed by atoms with van der Waals surface area (Å²) in [6.45, 7) is 2.96. The zero-order chi connectivity index (χ0) is 14.4. The molecule has 0 saturated heterocycles. The molecule has 20 heavy (non-hydrogen) atoms. The first-order valence-electron chi connectivity index (χ1n) is 6.84. The Morgan fingerprint density at radius 1 is 1.15 bits per heavy atom. The van der Waals surface area contributed by atoms with Gasteiger partial charge in [-0.25, -0.2) is 4.39 Å². The Morgan fingerprint density at radius 2 is 1.90 bits per heavy atom. The molecule has 3 heteroatoms. The summed E-state index contributed by atoms with van der Waals surface area (Å²) >= 11 is 0. The van der Waals surface area contributed by atoms with E-state index in [4.69, 9.17) is 4.74 Å². The fraction of sp³-hybridized carbons (Fsp3) is 0.294. The summed E-state index contributed by atoms with van der Waals surface area (Å²) in [6.07, 6.45) is 0.821. The molecule has 0 fully saturated rings. The first-order chi connectivity index (χ1) is 9.72. The Morgan fingerprint density at radius 3 is 2.55 bits per heavy atom. The molecule has 0 amide bonds. The zero-order valence-corrected chi connectivity index (χ0v) is 11.9. The standard InChI is InChI=1S/C17H20FNO/c1-3-19-17(11-13-7-9-15(18)10-8-13)14-5-4-6-16(12-14)20-2/h4-10,12,17,19H,3,11H2,1-2H3. The van der Waals surface area contributed by atoms with Crippen molar-refractivity contribution >= 4 is 0 Å². The van der Waals surface area contributed by atoms with E-state index in [1.165, 1.54) is 17.7 Å². The molecule has 0 aliphatic heterocycles. The van der Waals surface area contributed by atoms with Crippen LogP contribution >= 0.6 is 0 Å². The maximum atomic E-state index is 13.0. The van der Waals surface area contributed by atoms with Crippen molar-refractivity contribution in [1.82, 2.24) is 5.32 Å². The van der Waals surface area contributed by atoms with Gasteiger partial charge >= 0.3 is 0 Å². The van der Waals surface area contributed by atoms with E-state index >= 15 is 0 Å². The van der Waals surface area contributed by atoms with Crippen molar-refractivity contribution in [2.75, 3.05) is 13.7 Å². The van der Waals surface area contributed by atoms with Gasteiger partial charge in [0.15, 0.2) is 0 Å². The van der Waals surface area contributed by atoms with Crippen molar-refractivity contribution in [3.05, 3.63) is 65.5 Å². The maximum absolute atomic E-state index is 13.0. The Labute approximate surface area is 119 Å². The van der Waals surface area contributed by atoms with Crippen LogP contribution in [-0.4, -0.2) is 13.7 Å². The SMILES string of the molecule is CCNC(Cc1ccc(F)cc1)c1cccc(OC)c1. The van der Waals surface area contributed by atoms with Crippen LogP contribution in [0.25, 0.3) is 0 Å². The van der Waals surface area contributed by atoms with Crippen molar-refractivity contribution in [3.63, 3.8) is 0 Å². The van der Waals surface area contributed by atoms with Gasteiger partial charge in [-0.2, -0.15) is 0 Å². The van der Waals surface area contributed by atoms with Crippen molar-refractivity contribution in [1.29, 1.82) is 0 Å². The van der Waals surface area contributed by atoms with Crippen LogP contribution in [-0.2, 0) is 6.42 Å². The highest BCUT2D eigenvalue weighted by Crippen LogP contribution is 2.22. The minimum atomic E-state index is -0.199. The van der Waals surface area contributed by atoms with Crippen molar-refractivity contribution < 1.29 is 9.13 Å². The second kappa shape index (κ2) is 7.06. The highest BCUT2D eigenvalue weighted by molar-refractivity contribution is 5.32. The summed E-state index contributed by atoms with van der Waals surface area (Å²) < 4.78 is 18.2. The van der Waals surface area contributed by atoms with Crippen LogP contribution < -0.4 is 10.1 Å². The molecule has 2 rings (SSSR count). The van der Waals surface area contributed by atoms with Gasteiger partial charge in [0.1, 0.15) is 11.6 Å². The number of hydrogen-bond donors (Lipinski definition) is 1. The molecule has 2 aromatic rings. The van der Waals surface area contributed by atoms with Crippen molar-refractivity contribution in [2.45, 2.75) is 19.4 Å². The molecule has 0 aliphatic carbocycles. The van der Waals surface area contributed by atoms with Crippen LogP contribution in [0.1, 0.15) is 24.1 Å². The molecule has 1 atom stereocenters. The van der Waals surface area contributed by atoms with Crippen LogP contribution in [0.15, 0.2) is 48.5 Å². The molecule has 2 nitrogen and oxygen atoms in total. The summed E-state index contributed by atoms with van der Waals surface area (Å²) in [5.74, 6) is 0.652. The second-order valence-electron chi connectivity index (χ2n) is 4.72. The maximum Gasteiger partial charge on any atom is 0.123 e. The molecule has 0 aromatic heterocycles. The van der Waals surface area contributed by atoms with Gasteiger partial charge in [0.05, 0.1) is 7.11 Å². The summed E-state index contributed by atoms with van der Waals surface area (Å²) in [7, 11) is 1.67. The van der Waals surface area contributed by atoms with Crippen LogP contribution in [0.3, 0.4) is 0 Å². The highest BCUT2D eigenvalue weighted by Gasteiger charge is 2.12.